The minimum atomic E-state index is -0.682. The van der Waals surface area contributed by atoms with Crippen LogP contribution in [0.5, 0.6) is 5.75 Å². The first-order valence-corrected chi connectivity index (χ1v) is 9.84. The molecule has 0 aliphatic rings. The van der Waals surface area contributed by atoms with Gasteiger partial charge < -0.3 is 20.1 Å². The van der Waals surface area contributed by atoms with E-state index in [4.69, 9.17) is 9.47 Å². The Hall–Kier alpha value is -3.87. The highest BCUT2D eigenvalue weighted by atomic mass is 16.5. The van der Waals surface area contributed by atoms with Gasteiger partial charge in [-0.25, -0.2) is 0 Å². The van der Waals surface area contributed by atoms with E-state index in [9.17, 15) is 14.4 Å². The number of ether oxygens (including phenoxy) is 2. The summed E-state index contributed by atoms with van der Waals surface area (Å²) in [6.07, 6.45) is 0.147. The Balaban J connectivity index is 1.39. The van der Waals surface area contributed by atoms with Crippen LogP contribution in [0.2, 0.25) is 0 Å². The van der Waals surface area contributed by atoms with Crippen molar-refractivity contribution < 1.29 is 23.9 Å². The zero-order valence-corrected chi connectivity index (χ0v) is 17.2. The second-order valence-electron chi connectivity index (χ2n) is 6.84. The molecule has 2 amide bonds. The maximum absolute atomic E-state index is 12.2. The van der Waals surface area contributed by atoms with E-state index in [1.165, 1.54) is 0 Å². The van der Waals surface area contributed by atoms with Crippen molar-refractivity contribution in [3.63, 3.8) is 0 Å². The number of hydrogen-bond donors (Lipinski definition) is 2. The Bertz CT molecular complexity index is 1080. The second kappa shape index (κ2) is 10.8. The molecule has 0 bridgehead atoms. The molecule has 3 aromatic carbocycles. The van der Waals surface area contributed by atoms with E-state index in [1.54, 1.807) is 13.2 Å². The smallest absolute Gasteiger partial charge is 0.325 e. The lowest BCUT2D eigenvalue weighted by Gasteiger charge is -2.10. The number of fused-ring (bicyclic) bond motifs is 1. The van der Waals surface area contributed by atoms with Crippen molar-refractivity contribution in [1.29, 1.82) is 0 Å². The molecule has 3 rings (SSSR count). The monoisotopic (exact) mass is 420 g/mol. The van der Waals surface area contributed by atoms with E-state index in [-0.39, 0.29) is 25.4 Å². The summed E-state index contributed by atoms with van der Waals surface area (Å²) in [5.41, 5.74) is 1.69. The first kappa shape index (κ1) is 21.8. The fourth-order valence-electron chi connectivity index (χ4n) is 3.14. The lowest BCUT2D eigenvalue weighted by atomic mass is 10.0. The van der Waals surface area contributed by atoms with Crippen LogP contribution in [-0.4, -0.2) is 38.0 Å². The lowest BCUT2D eigenvalue weighted by molar-refractivity contribution is -0.148. The van der Waals surface area contributed by atoms with Gasteiger partial charge in [0.2, 0.25) is 5.91 Å². The van der Waals surface area contributed by atoms with Crippen molar-refractivity contribution in [3.8, 4) is 5.75 Å². The maximum atomic E-state index is 12.2. The van der Waals surface area contributed by atoms with Crippen LogP contribution in [0.25, 0.3) is 10.8 Å². The molecule has 0 aliphatic heterocycles. The van der Waals surface area contributed by atoms with Gasteiger partial charge in [0.1, 0.15) is 12.3 Å². The van der Waals surface area contributed by atoms with Gasteiger partial charge in [-0.3, -0.25) is 14.4 Å². The molecule has 31 heavy (non-hydrogen) atoms. The molecule has 7 nitrogen and oxygen atoms in total. The molecule has 0 atom stereocenters. The molecule has 0 spiro atoms. The second-order valence-corrected chi connectivity index (χ2v) is 6.84. The third-order valence-electron chi connectivity index (χ3n) is 4.69. The predicted octanol–water partition coefficient (Wildman–Crippen LogP) is 2.37. The summed E-state index contributed by atoms with van der Waals surface area (Å²) in [6, 6.07) is 20.8. The molecule has 0 radical (unpaired) electrons. The molecule has 0 aromatic heterocycles. The predicted molar refractivity (Wildman–Crippen MR) is 116 cm³/mol. The van der Waals surface area contributed by atoms with Crippen molar-refractivity contribution in [1.82, 2.24) is 10.6 Å². The van der Waals surface area contributed by atoms with E-state index in [0.717, 1.165) is 21.9 Å². The molecular formula is C24H24N2O5. The van der Waals surface area contributed by atoms with Gasteiger partial charge in [-0.15, -0.1) is 0 Å². The number of para-hydroxylation sites is 1. The molecule has 0 fully saturated rings. The molecule has 0 saturated heterocycles. The van der Waals surface area contributed by atoms with Crippen molar-refractivity contribution in [2.75, 3.05) is 20.3 Å². The van der Waals surface area contributed by atoms with Crippen LogP contribution < -0.4 is 15.4 Å². The molecule has 0 heterocycles. The van der Waals surface area contributed by atoms with Crippen LogP contribution in [-0.2, 0) is 32.1 Å². The van der Waals surface area contributed by atoms with Gasteiger partial charge in [-0.2, -0.15) is 0 Å². The number of nitrogens with one attached hydrogen (secondary N) is 2. The summed E-state index contributed by atoms with van der Waals surface area (Å²) in [5, 5.41) is 7.23. The zero-order valence-electron chi connectivity index (χ0n) is 17.2. The number of hydrogen-bond acceptors (Lipinski definition) is 5. The first-order valence-electron chi connectivity index (χ1n) is 9.84. The summed E-state index contributed by atoms with van der Waals surface area (Å²) < 4.78 is 10.1. The third kappa shape index (κ3) is 6.30. The van der Waals surface area contributed by atoms with Crippen molar-refractivity contribution in [2.45, 2.75) is 13.0 Å². The Kier molecular flexibility index (Phi) is 7.59. The van der Waals surface area contributed by atoms with E-state index in [1.807, 2.05) is 60.7 Å². The van der Waals surface area contributed by atoms with Gasteiger partial charge >= 0.3 is 5.97 Å². The average Bonchev–Trinajstić information content (AvgIpc) is 2.80. The number of esters is 1. The molecule has 160 valence electrons. The summed E-state index contributed by atoms with van der Waals surface area (Å²) in [6.45, 7) is -0.473. The van der Waals surface area contributed by atoms with Crippen LogP contribution in [0, 0.1) is 0 Å². The van der Waals surface area contributed by atoms with Crippen molar-refractivity contribution in [2.24, 2.45) is 0 Å². The average molecular weight is 420 g/mol. The van der Waals surface area contributed by atoms with Gasteiger partial charge in [-0.05, 0) is 22.4 Å². The van der Waals surface area contributed by atoms with Crippen LogP contribution in [0.3, 0.4) is 0 Å². The normalized spacial score (nSPS) is 10.4. The number of carbonyl (C=O) groups is 3. The molecule has 7 heteroatoms. The molecule has 3 aromatic rings. The minimum absolute atomic E-state index is 0.147. The highest BCUT2D eigenvalue weighted by Crippen LogP contribution is 2.19. The van der Waals surface area contributed by atoms with Gasteiger partial charge in [0.05, 0.1) is 13.5 Å². The molecule has 2 N–H and O–H groups in total. The Morgan fingerprint density at radius 1 is 0.806 bits per heavy atom. The zero-order chi connectivity index (χ0) is 22.1. The maximum Gasteiger partial charge on any atom is 0.325 e. The van der Waals surface area contributed by atoms with Crippen molar-refractivity contribution in [3.05, 3.63) is 77.9 Å². The number of benzene rings is 3. The van der Waals surface area contributed by atoms with Crippen LogP contribution in [0.4, 0.5) is 0 Å². The summed E-state index contributed by atoms with van der Waals surface area (Å²) in [4.78, 5) is 36.0. The summed E-state index contributed by atoms with van der Waals surface area (Å²) in [5.74, 6) is -0.761. The molecule has 0 unspecified atom stereocenters. The standard InChI is InChI=1S/C24H24N2O5/c1-30-21-12-5-3-8-19(21)14-25-23(28)16-31-24(29)15-26-22(27)13-18-10-6-9-17-7-2-4-11-20(17)18/h2-12H,13-16H2,1H3,(H,25,28)(H,26,27). The molecule has 0 saturated carbocycles. The fraction of sp³-hybridized carbons (Fsp3) is 0.208. The fourth-order valence-corrected chi connectivity index (χ4v) is 3.14. The van der Waals surface area contributed by atoms with Gasteiger partial charge in [0.25, 0.3) is 5.91 Å². The van der Waals surface area contributed by atoms with Crippen LogP contribution >= 0.6 is 0 Å². The topological polar surface area (TPSA) is 93.7 Å². The van der Waals surface area contributed by atoms with E-state index >= 15 is 0 Å². The van der Waals surface area contributed by atoms with Crippen LogP contribution in [0.1, 0.15) is 11.1 Å². The van der Waals surface area contributed by atoms with Gasteiger partial charge in [0.15, 0.2) is 6.61 Å². The Labute approximate surface area is 180 Å². The summed E-state index contributed by atoms with van der Waals surface area (Å²) in [7, 11) is 1.55. The SMILES string of the molecule is COc1ccccc1CNC(=O)COC(=O)CNC(=O)Cc1cccc2ccccc12. The van der Waals surface area contributed by atoms with Gasteiger partial charge in [-0.1, -0.05) is 60.7 Å². The molecule has 0 aliphatic carbocycles. The van der Waals surface area contributed by atoms with E-state index in [2.05, 4.69) is 10.6 Å². The lowest BCUT2D eigenvalue weighted by Crippen LogP contribution is -2.34. The summed E-state index contributed by atoms with van der Waals surface area (Å²) >= 11 is 0. The largest absolute Gasteiger partial charge is 0.496 e. The Morgan fingerprint density at radius 2 is 1.52 bits per heavy atom. The number of amides is 2. The van der Waals surface area contributed by atoms with Gasteiger partial charge in [0, 0.05) is 12.1 Å². The number of methoxy groups -OCH3 is 1. The minimum Gasteiger partial charge on any atom is -0.496 e. The van der Waals surface area contributed by atoms with Crippen molar-refractivity contribution >= 4 is 28.6 Å². The van der Waals surface area contributed by atoms with E-state index < -0.39 is 18.5 Å². The Morgan fingerprint density at radius 3 is 2.35 bits per heavy atom. The first-order chi connectivity index (χ1) is 15.1. The van der Waals surface area contributed by atoms with Crippen LogP contribution in [0.15, 0.2) is 66.7 Å². The quantitative estimate of drug-likeness (QED) is 0.519. The highest BCUT2D eigenvalue weighted by Gasteiger charge is 2.12. The number of carbonyl (C=O) groups excluding carboxylic acids is 3. The highest BCUT2D eigenvalue weighted by molar-refractivity contribution is 5.91. The number of rotatable bonds is 9. The third-order valence-corrected chi connectivity index (χ3v) is 4.69. The molecular weight excluding hydrogens is 396 g/mol. The van der Waals surface area contributed by atoms with E-state index in [0.29, 0.717) is 5.75 Å².